The number of hydrogen-bond acceptors (Lipinski definition) is 5. The average Bonchev–Trinajstić information content (AvgIpc) is 2.26. The van der Waals surface area contributed by atoms with Gasteiger partial charge in [-0.25, -0.2) is 0 Å². The van der Waals surface area contributed by atoms with Crippen LogP contribution in [0, 0.1) is 5.92 Å². The summed E-state index contributed by atoms with van der Waals surface area (Å²) in [6.45, 7) is 7.95. The molecule has 0 rings (SSSR count). The number of rotatable bonds is 8. The second kappa shape index (κ2) is 9.89. The second-order valence-corrected chi connectivity index (χ2v) is 4.09. The molecule has 0 spiro atoms. The van der Waals surface area contributed by atoms with Crippen LogP contribution in [-0.4, -0.2) is 24.8 Å². The van der Waals surface area contributed by atoms with Crippen molar-refractivity contribution in [3.05, 3.63) is 0 Å². The Balaban J connectivity index is 3.55. The van der Waals surface area contributed by atoms with Crippen LogP contribution in [-0.2, 0) is 14.5 Å². The van der Waals surface area contributed by atoms with Crippen LogP contribution in [0.1, 0.15) is 40.5 Å². The lowest BCUT2D eigenvalue weighted by Gasteiger charge is -2.04. The Kier molecular flexibility index (Phi) is 9.14. The molecule has 98 valence electrons. The number of nitrogens with zero attached hydrogens (tertiary/aromatic N) is 3. The Labute approximate surface area is 103 Å². The fourth-order valence-electron chi connectivity index (χ4n) is 0.793. The zero-order chi connectivity index (χ0) is 13.1. The van der Waals surface area contributed by atoms with Gasteiger partial charge in [-0.15, -0.1) is 0 Å². The predicted molar refractivity (Wildman–Crippen MR) is 65.4 cm³/mol. The predicted octanol–water partition coefficient (Wildman–Crippen LogP) is 2.16. The van der Waals surface area contributed by atoms with Crippen LogP contribution in [0.4, 0.5) is 0 Å². The summed E-state index contributed by atoms with van der Waals surface area (Å²) < 4.78 is 0. The van der Waals surface area contributed by atoms with E-state index in [1.54, 1.807) is 6.21 Å². The normalized spacial score (nSPS) is 12.5. The number of oxime groups is 2. The van der Waals surface area contributed by atoms with Crippen molar-refractivity contribution < 1.29 is 14.5 Å². The molecule has 0 atom stereocenters. The minimum Gasteiger partial charge on any atom is -0.393 e. The van der Waals surface area contributed by atoms with Gasteiger partial charge in [-0.1, -0.05) is 19.0 Å². The smallest absolute Gasteiger partial charge is 0.256 e. The monoisotopic (exact) mass is 243 g/mol. The Hall–Kier alpha value is -1.30. The van der Waals surface area contributed by atoms with Gasteiger partial charge < -0.3 is 14.5 Å². The lowest BCUT2D eigenvalue weighted by Crippen LogP contribution is -2.12. The molecule has 0 fully saturated rings. The van der Waals surface area contributed by atoms with E-state index in [1.807, 2.05) is 27.7 Å². The van der Waals surface area contributed by atoms with E-state index < -0.39 is 0 Å². The maximum Gasteiger partial charge on any atom is 0.256 e. The summed E-state index contributed by atoms with van der Waals surface area (Å²) >= 11 is 0. The highest BCUT2D eigenvalue weighted by molar-refractivity contribution is 5.76. The molecule has 0 saturated carbocycles. The van der Waals surface area contributed by atoms with Crippen molar-refractivity contribution in [1.82, 2.24) is 5.90 Å². The van der Waals surface area contributed by atoms with Gasteiger partial charge in [0, 0.05) is 12.1 Å². The molecule has 0 aliphatic carbocycles. The molecule has 0 amide bonds. The molecular formula is C11H21N3O3. The molecule has 0 saturated heterocycles. The lowest BCUT2D eigenvalue weighted by atomic mass is 10.2. The zero-order valence-electron chi connectivity index (χ0n) is 10.9. The molecule has 17 heavy (non-hydrogen) atoms. The Morgan fingerprint density at radius 2 is 2.00 bits per heavy atom. The van der Waals surface area contributed by atoms with E-state index in [4.69, 9.17) is 15.6 Å². The third-order valence-electron chi connectivity index (χ3n) is 1.66. The zero-order valence-corrected chi connectivity index (χ0v) is 10.9. The molecule has 6 heteroatoms. The van der Waals surface area contributed by atoms with E-state index in [0.717, 1.165) is 12.8 Å². The van der Waals surface area contributed by atoms with Gasteiger partial charge in [-0.3, -0.25) is 0 Å². The Morgan fingerprint density at radius 3 is 2.53 bits per heavy atom. The van der Waals surface area contributed by atoms with Gasteiger partial charge in [0.2, 0.25) is 0 Å². The highest BCUT2D eigenvalue weighted by Crippen LogP contribution is 1.99. The number of hydrogen-bond donors (Lipinski definition) is 0. The van der Waals surface area contributed by atoms with Crippen molar-refractivity contribution in [2.75, 3.05) is 6.61 Å². The van der Waals surface area contributed by atoms with Crippen molar-refractivity contribution in [1.29, 1.82) is 0 Å². The van der Waals surface area contributed by atoms with Crippen LogP contribution in [0.5, 0.6) is 0 Å². The quantitative estimate of drug-likeness (QED) is 0.284. The molecular weight excluding hydrogens is 222 g/mol. The van der Waals surface area contributed by atoms with Crippen molar-refractivity contribution in [2.45, 2.75) is 46.6 Å². The van der Waals surface area contributed by atoms with Crippen LogP contribution in [0.15, 0.2) is 10.3 Å². The van der Waals surface area contributed by atoms with Crippen molar-refractivity contribution in [3.8, 4) is 0 Å². The van der Waals surface area contributed by atoms with E-state index in [9.17, 15) is 0 Å². The van der Waals surface area contributed by atoms with Gasteiger partial charge in [0.25, 0.3) is 5.90 Å². The Morgan fingerprint density at radius 1 is 1.29 bits per heavy atom. The van der Waals surface area contributed by atoms with Gasteiger partial charge in [-0.2, -0.15) is 0 Å². The number of unbranched alkanes of at least 4 members (excludes halogenated alkanes) is 1. The molecule has 0 aliphatic heterocycles. The van der Waals surface area contributed by atoms with Gasteiger partial charge in [0.05, 0.1) is 0 Å². The van der Waals surface area contributed by atoms with Crippen molar-refractivity contribution in [2.24, 2.45) is 16.2 Å². The molecule has 0 bridgehead atoms. The Bertz CT molecular complexity index is 240. The molecule has 2 radical (unpaired) electrons. The molecule has 6 nitrogen and oxygen atoms in total. The molecule has 0 aromatic carbocycles. The minimum atomic E-state index is -0.0130. The first kappa shape index (κ1) is 15.7. The summed E-state index contributed by atoms with van der Waals surface area (Å²) in [6.07, 6.45) is 3.31. The fourth-order valence-corrected chi connectivity index (χ4v) is 0.793. The summed E-state index contributed by atoms with van der Waals surface area (Å²) in [6, 6.07) is 0. The van der Waals surface area contributed by atoms with Crippen LogP contribution >= 0.6 is 0 Å². The first-order chi connectivity index (χ1) is 8.07. The van der Waals surface area contributed by atoms with E-state index in [0.29, 0.717) is 6.61 Å². The average molecular weight is 243 g/mol. The van der Waals surface area contributed by atoms with E-state index in [2.05, 4.69) is 15.1 Å². The largest absolute Gasteiger partial charge is 0.393 e. The fraction of sp³-hybridized carbons (Fsp3) is 0.818. The molecule has 0 N–H and O–H groups in total. The van der Waals surface area contributed by atoms with Gasteiger partial charge in [0.15, 0.2) is 0 Å². The molecule has 0 aliphatic rings. The van der Waals surface area contributed by atoms with Gasteiger partial charge in [-0.05, 0) is 31.8 Å². The van der Waals surface area contributed by atoms with Crippen molar-refractivity contribution >= 4 is 12.1 Å². The van der Waals surface area contributed by atoms with Crippen LogP contribution < -0.4 is 5.90 Å². The molecule has 0 aromatic heterocycles. The summed E-state index contributed by atoms with van der Waals surface area (Å²) in [5.74, 6) is 8.63. The first-order valence-corrected chi connectivity index (χ1v) is 5.76. The maximum atomic E-state index is 8.47. The SMILES string of the molecule is CC(C)ON=CCCCON=C(O[N])C(C)C. The lowest BCUT2D eigenvalue weighted by molar-refractivity contribution is 0.0863. The summed E-state index contributed by atoms with van der Waals surface area (Å²) in [4.78, 5) is 14.0. The maximum absolute atomic E-state index is 8.47. The third kappa shape index (κ3) is 9.62. The van der Waals surface area contributed by atoms with Crippen molar-refractivity contribution in [3.63, 3.8) is 0 Å². The van der Waals surface area contributed by atoms with Crippen LogP contribution in [0.3, 0.4) is 0 Å². The summed E-state index contributed by atoms with van der Waals surface area (Å²) in [5.41, 5.74) is 0. The topological polar surface area (TPSA) is 74.7 Å². The summed E-state index contributed by atoms with van der Waals surface area (Å²) in [5, 5.41) is 7.42. The van der Waals surface area contributed by atoms with Crippen LogP contribution in [0.2, 0.25) is 0 Å². The third-order valence-corrected chi connectivity index (χ3v) is 1.66. The van der Waals surface area contributed by atoms with E-state index >= 15 is 0 Å². The summed E-state index contributed by atoms with van der Waals surface area (Å²) in [7, 11) is 0. The minimum absolute atomic E-state index is 0.0130. The molecule has 0 heterocycles. The van der Waals surface area contributed by atoms with E-state index in [1.165, 1.54) is 0 Å². The van der Waals surface area contributed by atoms with E-state index in [-0.39, 0.29) is 17.9 Å². The van der Waals surface area contributed by atoms with Gasteiger partial charge >= 0.3 is 0 Å². The second-order valence-electron chi connectivity index (χ2n) is 4.09. The highest BCUT2D eigenvalue weighted by atomic mass is 16.7. The van der Waals surface area contributed by atoms with Crippen LogP contribution in [0.25, 0.3) is 0 Å². The highest BCUT2D eigenvalue weighted by Gasteiger charge is 2.06. The molecule has 0 aromatic rings. The molecule has 0 unspecified atom stereocenters. The first-order valence-electron chi connectivity index (χ1n) is 5.76. The standard InChI is InChI=1S/C11H21N3O3/c1-9(2)11(16-12)14-15-8-6-5-7-13-17-10(3)4/h7,9-10H,5-6,8H2,1-4H3. The van der Waals surface area contributed by atoms with Gasteiger partial charge in [0.1, 0.15) is 18.6 Å².